The molecule has 2 aromatic carbocycles. The van der Waals surface area contributed by atoms with Gasteiger partial charge in [0.25, 0.3) is 15.9 Å². The molecule has 3 rings (SSSR count). The van der Waals surface area contributed by atoms with Gasteiger partial charge in [0.05, 0.1) is 36.0 Å². The number of thioether (sulfide) groups is 1. The van der Waals surface area contributed by atoms with Gasteiger partial charge in [0.1, 0.15) is 17.7 Å². The summed E-state index contributed by atoms with van der Waals surface area (Å²) in [6.07, 6.45) is 0.586. The Morgan fingerprint density at radius 1 is 1.24 bits per heavy atom. The molecule has 1 fully saturated rings. The average Bonchev–Trinajstić information content (AvgIpc) is 2.87. The summed E-state index contributed by atoms with van der Waals surface area (Å²) >= 11 is 1.44. The van der Waals surface area contributed by atoms with E-state index in [2.05, 4.69) is 5.32 Å². The molecular formula is C25H30F2N4O5S2. The van der Waals surface area contributed by atoms with E-state index in [-0.39, 0.29) is 42.9 Å². The lowest BCUT2D eigenvalue weighted by Gasteiger charge is -2.31. The maximum absolute atomic E-state index is 15.3. The third-order valence-corrected chi connectivity index (χ3v) is 8.25. The maximum atomic E-state index is 15.3. The molecule has 1 heterocycles. The predicted octanol–water partition coefficient (Wildman–Crippen LogP) is 2.97. The summed E-state index contributed by atoms with van der Waals surface area (Å²) in [6, 6.07) is 9.29. The first-order valence-corrected chi connectivity index (χ1v) is 14.2. The lowest BCUT2D eigenvalue weighted by atomic mass is 10.1. The van der Waals surface area contributed by atoms with Gasteiger partial charge in [-0.15, -0.1) is 11.8 Å². The zero-order valence-electron chi connectivity index (χ0n) is 21.3. The Kier molecular flexibility index (Phi) is 10.1. The fourth-order valence-electron chi connectivity index (χ4n) is 3.57. The van der Waals surface area contributed by atoms with Gasteiger partial charge in [0.15, 0.2) is 5.60 Å². The van der Waals surface area contributed by atoms with Crippen molar-refractivity contribution in [1.29, 1.82) is 5.26 Å². The minimum atomic E-state index is -4.51. The highest BCUT2D eigenvalue weighted by Gasteiger charge is 2.39. The quantitative estimate of drug-likeness (QED) is 0.394. The molecule has 0 radical (unpaired) electrons. The van der Waals surface area contributed by atoms with Gasteiger partial charge in [-0.2, -0.15) is 5.26 Å². The van der Waals surface area contributed by atoms with E-state index in [1.54, 1.807) is 12.1 Å². The van der Waals surface area contributed by atoms with Crippen LogP contribution in [-0.2, 0) is 24.3 Å². The van der Waals surface area contributed by atoms with Crippen LogP contribution in [0.5, 0.6) is 0 Å². The number of benzene rings is 2. The number of ether oxygens (including phenoxy) is 2. The Morgan fingerprint density at radius 2 is 1.95 bits per heavy atom. The molecule has 0 bridgehead atoms. The van der Waals surface area contributed by atoms with Crippen LogP contribution in [0.2, 0.25) is 0 Å². The van der Waals surface area contributed by atoms with Gasteiger partial charge in [0, 0.05) is 16.7 Å². The Bertz CT molecular complexity index is 1280. The van der Waals surface area contributed by atoms with Gasteiger partial charge < -0.3 is 19.7 Å². The molecule has 2 atom stereocenters. The molecule has 2 aromatic rings. The third-order valence-electron chi connectivity index (χ3n) is 5.77. The number of nitrogens with one attached hydrogen (secondary N) is 2. The molecule has 2 N–H and O–H groups in total. The van der Waals surface area contributed by atoms with Crippen molar-refractivity contribution < 1.29 is 31.5 Å². The predicted molar refractivity (Wildman–Crippen MR) is 139 cm³/mol. The summed E-state index contributed by atoms with van der Waals surface area (Å²) in [6.45, 7) is 2.31. The van der Waals surface area contributed by atoms with Crippen molar-refractivity contribution in [1.82, 2.24) is 9.62 Å². The van der Waals surface area contributed by atoms with Crippen molar-refractivity contribution in [3.05, 3.63) is 53.6 Å². The molecule has 38 heavy (non-hydrogen) atoms. The third kappa shape index (κ3) is 7.87. The molecule has 9 nitrogen and oxygen atoms in total. The fourth-order valence-corrected chi connectivity index (χ4v) is 5.65. The van der Waals surface area contributed by atoms with Crippen molar-refractivity contribution in [2.75, 3.05) is 51.5 Å². The number of hydrogen-bond acceptors (Lipinski definition) is 9. The second-order valence-electron chi connectivity index (χ2n) is 9.20. The van der Waals surface area contributed by atoms with E-state index < -0.39 is 32.2 Å². The van der Waals surface area contributed by atoms with Crippen LogP contribution in [-0.4, -0.2) is 77.1 Å². The van der Waals surface area contributed by atoms with E-state index >= 15 is 4.39 Å². The number of halogens is 2. The molecule has 0 saturated carbocycles. The van der Waals surface area contributed by atoms with Gasteiger partial charge in [-0.05, 0) is 70.4 Å². The topological polar surface area (TPSA) is 121 Å². The number of sulfonamides is 1. The Morgan fingerprint density at radius 3 is 2.55 bits per heavy atom. The zero-order valence-corrected chi connectivity index (χ0v) is 22.9. The highest BCUT2D eigenvalue weighted by Crippen LogP contribution is 2.28. The van der Waals surface area contributed by atoms with Gasteiger partial charge in [-0.3, -0.25) is 4.79 Å². The second-order valence-corrected chi connectivity index (χ2v) is 12.0. The molecule has 206 valence electrons. The smallest absolute Gasteiger partial charge is 0.268 e. The summed E-state index contributed by atoms with van der Waals surface area (Å²) < 4.78 is 66.7. The molecular weight excluding hydrogens is 538 g/mol. The van der Waals surface area contributed by atoms with Gasteiger partial charge in [-0.25, -0.2) is 21.9 Å². The largest absolute Gasteiger partial charge is 0.378 e. The van der Waals surface area contributed by atoms with Crippen molar-refractivity contribution in [3.63, 3.8) is 0 Å². The van der Waals surface area contributed by atoms with Crippen LogP contribution in [0.25, 0.3) is 0 Å². The summed E-state index contributed by atoms with van der Waals surface area (Å²) in [5, 5.41) is 12.7. The number of amides is 1. The fraction of sp³-hybridized carbons (Fsp3) is 0.440. The highest BCUT2D eigenvalue weighted by molar-refractivity contribution is 7.99. The molecule has 1 aliphatic rings. The van der Waals surface area contributed by atoms with Gasteiger partial charge in [0.2, 0.25) is 0 Å². The van der Waals surface area contributed by atoms with Gasteiger partial charge >= 0.3 is 0 Å². The van der Waals surface area contributed by atoms with Crippen LogP contribution in [0.1, 0.15) is 18.9 Å². The van der Waals surface area contributed by atoms with E-state index in [1.807, 2.05) is 29.8 Å². The lowest BCUT2D eigenvalue weighted by Crippen LogP contribution is -2.54. The van der Waals surface area contributed by atoms with Crippen LogP contribution < -0.4 is 10.0 Å². The van der Waals surface area contributed by atoms with E-state index in [4.69, 9.17) is 9.47 Å². The number of anilines is 1. The first-order chi connectivity index (χ1) is 17.9. The van der Waals surface area contributed by atoms with Crippen molar-refractivity contribution in [3.8, 4) is 6.07 Å². The Balaban J connectivity index is 1.81. The van der Waals surface area contributed by atoms with Crippen molar-refractivity contribution in [2.45, 2.75) is 34.8 Å². The lowest BCUT2D eigenvalue weighted by molar-refractivity contribution is -0.171. The normalized spacial score (nSPS) is 18.6. The molecule has 1 aliphatic heterocycles. The second kappa shape index (κ2) is 12.9. The summed E-state index contributed by atoms with van der Waals surface area (Å²) in [7, 11) is -0.728. The molecule has 1 saturated heterocycles. The Labute approximate surface area is 225 Å². The van der Waals surface area contributed by atoms with Crippen LogP contribution in [0, 0.1) is 23.0 Å². The van der Waals surface area contributed by atoms with E-state index in [9.17, 15) is 22.9 Å². The van der Waals surface area contributed by atoms with Gasteiger partial charge in [-0.1, -0.05) is 0 Å². The highest BCUT2D eigenvalue weighted by atomic mass is 32.2. The SMILES string of the molecule is CN(C)CC[C@H](CSc1ccc(F)cc1)Nc1c(F)cc(S(=O)(=O)NC(=O)[C@]2(C)COCCO2)cc1C#N. The standard InChI is InChI=1S/C25H30F2N4O5S2/c1-25(16-35-10-11-36-25)24(32)30-38(33,34)21-12-17(14-28)23(22(27)13-21)29-19(8-9-31(2)3)15-37-20-6-4-18(26)5-7-20/h4-7,12-13,19,29H,8-11,15-16H2,1-3H3,(H,30,32)/t19-,25+/m1/s1. The minimum absolute atomic E-state index is 0.117. The average molecular weight is 569 g/mol. The number of rotatable bonds is 11. The summed E-state index contributed by atoms with van der Waals surface area (Å²) in [5.41, 5.74) is -1.90. The molecule has 0 aliphatic carbocycles. The molecule has 0 spiro atoms. The van der Waals surface area contributed by atoms with Crippen LogP contribution in [0.15, 0.2) is 46.2 Å². The number of carbonyl (C=O) groups is 1. The summed E-state index contributed by atoms with van der Waals surface area (Å²) in [4.78, 5) is 14.8. The number of hydrogen-bond donors (Lipinski definition) is 2. The van der Waals surface area contributed by atoms with Crippen molar-refractivity contribution in [2.24, 2.45) is 0 Å². The van der Waals surface area contributed by atoms with Crippen LogP contribution in [0.4, 0.5) is 14.5 Å². The molecule has 0 unspecified atom stereocenters. The number of carbonyl (C=O) groups excluding carboxylic acids is 1. The van der Waals surface area contributed by atoms with Crippen LogP contribution in [0.3, 0.4) is 0 Å². The monoisotopic (exact) mass is 568 g/mol. The molecule has 0 aromatic heterocycles. The van der Waals surface area contributed by atoms with Crippen molar-refractivity contribution >= 4 is 33.4 Å². The van der Waals surface area contributed by atoms with E-state index in [0.29, 0.717) is 18.7 Å². The Hall–Kier alpha value is -2.76. The van der Waals surface area contributed by atoms with Crippen LogP contribution >= 0.6 is 11.8 Å². The van der Waals surface area contributed by atoms with E-state index in [0.717, 1.165) is 17.0 Å². The molecule has 13 heteroatoms. The maximum Gasteiger partial charge on any atom is 0.268 e. The summed E-state index contributed by atoms with van der Waals surface area (Å²) in [5.74, 6) is -1.79. The first kappa shape index (κ1) is 29.8. The molecule has 1 amide bonds. The number of nitrogens with zero attached hydrogens (tertiary/aromatic N) is 2. The minimum Gasteiger partial charge on any atom is -0.378 e. The van der Waals surface area contributed by atoms with E-state index in [1.165, 1.54) is 30.8 Å². The zero-order chi connectivity index (χ0) is 27.9. The number of nitriles is 1. The first-order valence-electron chi connectivity index (χ1n) is 11.8.